The van der Waals surface area contributed by atoms with Gasteiger partial charge in [-0.25, -0.2) is 17.6 Å². The lowest BCUT2D eigenvalue weighted by Crippen LogP contribution is -2.29. The van der Waals surface area contributed by atoms with E-state index >= 15 is 0 Å². The van der Waals surface area contributed by atoms with Gasteiger partial charge < -0.3 is 15.8 Å². The lowest BCUT2D eigenvalue weighted by Gasteiger charge is -2.12. The van der Waals surface area contributed by atoms with E-state index in [1.807, 2.05) is 0 Å². The summed E-state index contributed by atoms with van der Waals surface area (Å²) in [5.41, 5.74) is 4.79. The number of nitrogens with two attached hydrogens (primary N) is 1. The zero-order valence-corrected chi connectivity index (χ0v) is 16.7. The Hall–Kier alpha value is -2.52. The smallest absolute Gasteiger partial charge is 0.318 e. The van der Waals surface area contributed by atoms with E-state index in [-0.39, 0.29) is 23.0 Å². The van der Waals surface area contributed by atoms with Gasteiger partial charge in [0.1, 0.15) is 34.2 Å². The van der Waals surface area contributed by atoms with Gasteiger partial charge in [-0.3, -0.25) is 9.59 Å². The Kier molecular flexibility index (Phi) is 9.19. The molecule has 29 heavy (non-hydrogen) atoms. The molecule has 0 saturated carbocycles. The van der Waals surface area contributed by atoms with Gasteiger partial charge in [0.2, 0.25) is 5.91 Å². The SMILES string of the molecule is CCOC(=O)C(C)C(=O)Nc1cc(F)cc(F)c1Cl.Nc1cc(F)cc(F)c1Cl. The molecule has 5 nitrogen and oxygen atoms in total. The Morgan fingerprint density at radius 3 is 2.07 bits per heavy atom. The first-order valence-corrected chi connectivity index (χ1v) is 8.75. The second kappa shape index (κ2) is 10.9. The van der Waals surface area contributed by atoms with Crippen molar-refractivity contribution in [2.24, 2.45) is 5.92 Å². The summed E-state index contributed by atoms with van der Waals surface area (Å²) in [6, 6.07) is 3.10. The molecule has 2 aromatic carbocycles. The minimum absolute atomic E-state index is 0.0841. The highest BCUT2D eigenvalue weighted by molar-refractivity contribution is 6.34. The average molecular weight is 455 g/mol. The Morgan fingerprint density at radius 2 is 1.55 bits per heavy atom. The summed E-state index contributed by atoms with van der Waals surface area (Å²) in [5, 5.41) is 1.52. The molecule has 158 valence electrons. The Balaban J connectivity index is 0.000000352. The molecule has 1 amide bonds. The third kappa shape index (κ3) is 7.10. The fourth-order valence-corrected chi connectivity index (χ4v) is 2.10. The summed E-state index contributed by atoms with van der Waals surface area (Å²) in [4.78, 5) is 23.0. The number of nitrogens with one attached hydrogen (secondary N) is 1. The van der Waals surface area contributed by atoms with Crippen LogP contribution in [0.3, 0.4) is 0 Å². The van der Waals surface area contributed by atoms with E-state index in [2.05, 4.69) is 10.1 Å². The fraction of sp³-hybridized carbons (Fsp3) is 0.222. The van der Waals surface area contributed by atoms with Crippen molar-refractivity contribution in [3.63, 3.8) is 0 Å². The molecule has 1 unspecified atom stereocenters. The van der Waals surface area contributed by atoms with Gasteiger partial charge in [-0.2, -0.15) is 0 Å². The normalized spacial score (nSPS) is 11.2. The summed E-state index contributed by atoms with van der Waals surface area (Å²) < 4.78 is 55.4. The van der Waals surface area contributed by atoms with Crippen molar-refractivity contribution in [1.29, 1.82) is 0 Å². The second-order valence-corrected chi connectivity index (χ2v) is 6.26. The maximum atomic E-state index is 13.2. The Morgan fingerprint density at radius 1 is 1.03 bits per heavy atom. The van der Waals surface area contributed by atoms with Crippen molar-refractivity contribution in [1.82, 2.24) is 0 Å². The lowest BCUT2D eigenvalue weighted by atomic mass is 10.1. The van der Waals surface area contributed by atoms with Crippen LogP contribution in [0.2, 0.25) is 10.0 Å². The van der Waals surface area contributed by atoms with Crippen LogP contribution in [0.15, 0.2) is 24.3 Å². The first-order valence-electron chi connectivity index (χ1n) is 7.99. The Bertz CT molecular complexity index is 890. The number of carbonyl (C=O) groups excluding carboxylic acids is 2. The standard InChI is InChI=1S/C12H12ClF2NO3.C6H4ClF2N/c1-3-19-12(18)6(2)11(17)16-9-5-7(14)4-8(15)10(9)13;7-6-4(9)1-3(8)2-5(6)10/h4-6H,3H2,1-2H3,(H,16,17);1-2H,10H2. The number of carbonyl (C=O) groups is 2. The molecule has 0 heterocycles. The number of nitrogen functional groups attached to an aromatic ring is 1. The minimum Gasteiger partial charge on any atom is -0.465 e. The van der Waals surface area contributed by atoms with Crippen LogP contribution in [0.25, 0.3) is 0 Å². The Labute approximate surface area is 173 Å². The van der Waals surface area contributed by atoms with Crippen LogP contribution >= 0.6 is 23.2 Å². The summed E-state index contributed by atoms with van der Waals surface area (Å²) in [7, 11) is 0. The van der Waals surface area contributed by atoms with E-state index in [4.69, 9.17) is 28.9 Å². The summed E-state index contributed by atoms with van der Waals surface area (Å²) in [5.74, 6) is -6.04. The van der Waals surface area contributed by atoms with Gasteiger partial charge in [-0.15, -0.1) is 0 Å². The van der Waals surface area contributed by atoms with E-state index in [0.717, 1.165) is 12.1 Å². The molecule has 0 aromatic heterocycles. The topological polar surface area (TPSA) is 81.4 Å². The maximum absolute atomic E-state index is 13.2. The highest BCUT2D eigenvalue weighted by Crippen LogP contribution is 2.26. The number of amides is 1. The van der Waals surface area contributed by atoms with Gasteiger partial charge in [-0.1, -0.05) is 23.2 Å². The van der Waals surface area contributed by atoms with E-state index in [9.17, 15) is 27.2 Å². The number of rotatable bonds is 4. The number of benzene rings is 2. The monoisotopic (exact) mass is 454 g/mol. The van der Waals surface area contributed by atoms with Gasteiger partial charge in [-0.05, 0) is 26.0 Å². The van der Waals surface area contributed by atoms with Crippen LogP contribution in [0.1, 0.15) is 13.8 Å². The number of hydrogen-bond acceptors (Lipinski definition) is 4. The van der Waals surface area contributed by atoms with Crippen molar-refractivity contribution in [3.05, 3.63) is 57.6 Å². The van der Waals surface area contributed by atoms with Gasteiger partial charge in [0.25, 0.3) is 0 Å². The van der Waals surface area contributed by atoms with E-state index in [1.165, 1.54) is 6.92 Å². The first kappa shape index (κ1) is 24.5. The van der Waals surface area contributed by atoms with E-state index in [1.54, 1.807) is 6.92 Å². The van der Waals surface area contributed by atoms with Crippen molar-refractivity contribution in [2.75, 3.05) is 17.7 Å². The summed E-state index contributed by atoms with van der Waals surface area (Å²) in [6.45, 7) is 3.05. The lowest BCUT2D eigenvalue weighted by molar-refractivity contribution is -0.150. The molecule has 0 spiro atoms. The van der Waals surface area contributed by atoms with Gasteiger partial charge in [0.15, 0.2) is 0 Å². The number of ether oxygens (including phenoxy) is 1. The van der Waals surface area contributed by atoms with Crippen molar-refractivity contribution in [2.45, 2.75) is 13.8 Å². The van der Waals surface area contributed by atoms with Crippen LogP contribution in [-0.2, 0) is 14.3 Å². The fourth-order valence-electron chi connectivity index (χ4n) is 1.84. The predicted octanol–water partition coefficient (Wildman–Crippen LogP) is 4.96. The molecular formula is C18H16Cl2F4N2O3. The molecule has 0 radical (unpaired) electrons. The molecule has 0 aliphatic rings. The molecule has 2 rings (SSSR count). The summed E-state index contributed by atoms with van der Waals surface area (Å²) in [6.07, 6.45) is 0. The van der Waals surface area contributed by atoms with Crippen molar-refractivity contribution in [3.8, 4) is 0 Å². The zero-order chi connectivity index (χ0) is 22.3. The molecular weight excluding hydrogens is 439 g/mol. The molecule has 0 aliphatic heterocycles. The van der Waals surface area contributed by atoms with Crippen molar-refractivity contribution >= 4 is 46.5 Å². The largest absolute Gasteiger partial charge is 0.465 e. The molecule has 0 bridgehead atoms. The first-order chi connectivity index (χ1) is 13.5. The van der Waals surface area contributed by atoms with Crippen molar-refractivity contribution < 1.29 is 31.9 Å². The van der Waals surface area contributed by atoms with Crippen LogP contribution in [-0.4, -0.2) is 18.5 Å². The van der Waals surface area contributed by atoms with Crippen LogP contribution in [0.5, 0.6) is 0 Å². The number of anilines is 2. The zero-order valence-electron chi connectivity index (χ0n) is 15.2. The highest BCUT2D eigenvalue weighted by atomic mass is 35.5. The molecule has 0 aliphatic carbocycles. The molecule has 1 atom stereocenters. The van der Waals surface area contributed by atoms with E-state index < -0.39 is 46.1 Å². The predicted molar refractivity (Wildman–Crippen MR) is 102 cm³/mol. The number of esters is 1. The van der Waals surface area contributed by atoms with Gasteiger partial charge in [0, 0.05) is 12.1 Å². The summed E-state index contributed by atoms with van der Waals surface area (Å²) >= 11 is 10.9. The van der Waals surface area contributed by atoms with Crippen LogP contribution in [0, 0.1) is 29.2 Å². The quantitative estimate of drug-likeness (QED) is 0.225. The molecule has 3 N–H and O–H groups in total. The average Bonchev–Trinajstić information content (AvgIpc) is 2.63. The molecule has 11 heteroatoms. The van der Waals surface area contributed by atoms with Crippen LogP contribution in [0.4, 0.5) is 28.9 Å². The highest BCUT2D eigenvalue weighted by Gasteiger charge is 2.24. The maximum Gasteiger partial charge on any atom is 0.318 e. The minimum atomic E-state index is -1.11. The molecule has 2 aromatic rings. The number of halogens is 6. The molecule has 0 fully saturated rings. The van der Waals surface area contributed by atoms with Crippen LogP contribution < -0.4 is 11.1 Å². The number of hydrogen-bond donors (Lipinski definition) is 2. The third-order valence-electron chi connectivity index (χ3n) is 3.31. The van der Waals surface area contributed by atoms with E-state index in [0.29, 0.717) is 12.1 Å². The third-order valence-corrected chi connectivity index (χ3v) is 4.09. The second-order valence-electron chi connectivity index (χ2n) is 5.50. The van der Waals surface area contributed by atoms with Gasteiger partial charge in [0.05, 0.1) is 23.0 Å². The van der Waals surface area contributed by atoms with Gasteiger partial charge >= 0.3 is 5.97 Å². The molecule has 0 saturated heterocycles.